The SMILES string of the molecule is COc1cc(N2C[C@@H](C)N[C@@H](C)C2)ccc1C(=O)Nc1cn2cc(C)nc2cn1. The first kappa shape index (κ1) is 19.2. The van der Waals surface area contributed by atoms with Crippen LogP contribution in [0.1, 0.15) is 29.9 Å². The molecule has 0 saturated carbocycles. The summed E-state index contributed by atoms with van der Waals surface area (Å²) in [6, 6.07) is 6.51. The predicted octanol–water partition coefficient (Wildman–Crippen LogP) is 2.49. The van der Waals surface area contributed by atoms with Crippen molar-refractivity contribution in [2.75, 3.05) is 30.4 Å². The Kier molecular flexibility index (Phi) is 5.10. The maximum absolute atomic E-state index is 12.8. The molecule has 2 aromatic heterocycles. The molecule has 8 nitrogen and oxygen atoms in total. The molecular weight excluding hydrogens is 368 g/mol. The van der Waals surface area contributed by atoms with E-state index in [1.807, 2.05) is 29.7 Å². The Bertz CT molecular complexity index is 1040. The number of imidazole rings is 1. The number of amides is 1. The van der Waals surface area contributed by atoms with Crippen molar-refractivity contribution in [3.05, 3.63) is 48.0 Å². The third-order valence-electron chi connectivity index (χ3n) is 5.06. The highest BCUT2D eigenvalue weighted by molar-refractivity contribution is 6.06. The number of anilines is 2. The highest BCUT2D eigenvalue weighted by Gasteiger charge is 2.23. The average molecular weight is 394 g/mol. The summed E-state index contributed by atoms with van der Waals surface area (Å²) in [5.41, 5.74) is 3.15. The summed E-state index contributed by atoms with van der Waals surface area (Å²) >= 11 is 0. The molecule has 8 heteroatoms. The smallest absolute Gasteiger partial charge is 0.260 e. The molecule has 1 saturated heterocycles. The van der Waals surface area contributed by atoms with Gasteiger partial charge in [-0.15, -0.1) is 0 Å². The standard InChI is InChI=1S/C21H26N6O2/c1-13-9-26(10-14(2)23-13)16-5-6-17(18(7-16)29-4)21(28)25-19-12-27-11-15(3)24-20(27)8-22-19/h5-8,11-14,23H,9-10H2,1-4H3,(H,25,28)/t13-,14+. The Morgan fingerprint density at radius 1 is 1.24 bits per heavy atom. The van der Waals surface area contributed by atoms with Gasteiger partial charge in [0.05, 0.1) is 30.8 Å². The molecule has 152 valence electrons. The minimum atomic E-state index is -0.265. The summed E-state index contributed by atoms with van der Waals surface area (Å²) in [6.07, 6.45) is 5.27. The van der Waals surface area contributed by atoms with Crippen molar-refractivity contribution >= 4 is 23.1 Å². The van der Waals surface area contributed by atoms with Gasteiger partial charge >= 0.3 is 0 Å². The molecule has 3 heterocycles. The predicted molar refractivity (Wildman–Crippen MR) is 113 cm³/mol. The number of fused-ring (bicyclic) bond motifs is 1. The number of methoxy groups -OCH3 is 1. The molecule has 0 bridgehead atoms. The fraction of sp³-hybridized carbons (Fsp3) is 0.381. The molecule has 1 aliphatic heterocycles. The number of nitrogens with one attached hydrogen (secondary N) is 2. The molecule has 2 atom stereocenters. The normalized spacial score (nSPS) is 19.4. The minimum Gasteiger partial charge on any atom is -0.496 e. The largest absolute Gasteiger partial charge is 0.496 e. The van der Waals surface area contributed by atoms with E-state index in [0.29, 0.717) is 29.2 Å². The Labute approximate surface area is 169 Å². The van der Waals surface area contributed by atoms with Crippen molar-refractivity contribution in [2.24, 2.45) is 0 Å². The van der Waals surface area contributed by atoms with Crippen LogP contribution in [-0.2, 0) is 0 Å². The molecule has 0 radical (unpaired) electrons. The first-order valence-corrected chi connectivity index (χ1v) is 9.74. The lowest BCUT2D eigenvalue weighted by Crippen LogP contribution is -2.54. The van der Waals surface area contributed by atoms with Gasteiger partial charge in [-0.05, 0) is 32.9 Å². The van der Waals surface area contributed by atoms with E-state index >= 15 is 0 Å². The molecule has 29 heavy (non-hydrogen) atoms. The van der Waals surface area contributed by atoms with Crippen molar-refractivity contribution in [2.45, 2.75) is 32.9 Å². The molecule has 1 fully saturated rings. The summed E-state index contributed by atoms with van der Waals surface area (Å²) in [7, 11) is 1.58. The molecule has 0 unspecified atom stereocenters. The number of nitrogens with zero attached hydrogens (tertiary/aromatic N) is 4. The van der Waals surface area contributed by atoms with E-state index in [-0.39, 0.29) is 5.91 Å². The van der Waals surface area contributed by atoms with E-state index in [1.165, 1.54) is 0 Å². The van der Waals surface area contributed by atoms with E-state index in [9.17, 15) is 4.79 Å². The first-order valence-electron chi connectivity index (χ1n) is 9.74. The summed E-state index contributed by atoms with van der Waals surface area (Å²) < 4.78 is 7.36. The van der Waals surface area contributed by atoms with Gasteiger partial charge in [0.15, 0.2) is 5.65 Å². The van der Waals surface area contributed by atoms with E-state index in [1.54, 1.807) is 25.6 Å². The van der Waals surface area contributed by atoms with E-state index < -0.39 is 0 Å². The van der Waals surface area contributed by atoms with E-state index in [0.717, 1.165) is 30.1 Å². The molecule has 3 aromatic rings. The van der Waals surface area contributed by atoms with Crippen LogP contribution >= 0.6 is 0 Å². The van der Waals surface area contributed by atoms with Gasteiger partial charge in [-0.2, -0.15) is 0 Å². The molecule has 1 aliphatic rings. The molecule has 1 aromatic carbocycles. The molecule has 0 spiro atoms. The van der Waals surface area contributed by atoms with Gasteiger partial charge in [0.1, 0.15) is 11.6 Å². The molecule has 2 N–H and O–H groups in total. The number of hydrogen-bond donors (Lipinski definition) is 2. The number of aryl methyl sites for hydroxylation is 1. The van der Waals surface area contributed by atoms with Gasteiger partial charge in [-0.3, -0.25) is 4.79 Å². The van der Waals surface area contributed by atoms with Crippen molar-refractivity contribution in [1.29, 1.82) is 0 Å². The lowest BCUT2D eigenvalue weighted by atomic mass is 10.1. The fourth-order valence-corrected chi connectivity index (χ4v) is 3.88. The highest BCUT2D eigenvalue weighted by Crippen LogP contribution is 2.27. The van der Waals surface area contributed by atoms with Crippen LogP contribution in [0.3, 0.4) is 0 Å². The molecule has 0 aliphatic carbocycles. The molecular formula is C21H26N6O2. The van der Waals surface area contributed by atoms with Gasteiger partial charge < -0.3 is 24.7 Å². The number of carbonyl (C=O) groups excluding carboxylic acids is 1. The van der Waals surface area contributed by atoms with Gasteiger partial charge in [-0.25, -0.2) is 9.97 Å². The number of benzene rings is 1. The van der Waals surface area contributed by atoms with Gasteiger partial charge in [0, 0.05) is 43.1 Å². The zero-order chi connectivity index (χ0) is 20.5. The Morgan fingerprint density at radius 2 is 2.00 bits per heavy atom. The number of aromatic nitrogens is 3. The van der Waals surface area contributed by atoms with Crippen molar-refractivity contribution in [1.82, 2.24) is 19.7 Å². The summed E-state index contributed by atoms with van der Waals surface area (Å²) in [5.74, 6) is 0.730. The summed E-state index contributed by atoms with van der Waals surface area (Å²) in [6.45, 7) is 8.08. The van der Waals surface area contributed by atoms with Crippen LogP contribution in [0.2, 0.25) is 0 Å². The van der Waals surface area contributed by atoms with E-state index in [4.69, 9.17) is 4.74 Å². The third kappa shape index (κ3) is 4.02. The van der Waals surface area contributed by atoms with Crippen LogP contribution in [0, 0.1) is 6.92 Å². The fourth-order valence-electron chi connectivity index (χ4n) is 3.88. The Balaban J connectivity index is 1.55. The minimum absolute atomic E-state index is 0.265. The topological polar surface area (TPSA) is 83.8 Å². The van der Waals surface area contributed by atoms with Crippen LogP contribution in [-0.4, -0.2) is 52.6 Å². The van der Waals surface area contributed by atoms with Crippen LogP contribution in [0.4, 0.5) is 11.5 Å². The van der Waals surface area contributed by atoms with Crippen molar-refractivity contribution < 1.29 is 9.53 Å². The van der Waals surface area contributed by atoms with Crippen LogP contribution < -0.4 is 20.3 Å². The van der Waals surface area contributed by atoms with Crippen LogP contribution in [0.25, 0.3) is 5.65 Å². The van der Waals surface area contributed by atoms with Gasteiger partial charge in [0.2, 0.25) is 0 Å². The zero-order valence-electron chi connectivity index (χ0n) is 17.1. The lowest BCUT2D eigenvalue weighted by molar-refractivity contribution is 0.102. The summed E-state index contributed by atoms with van der Waals surface area (Å²) in [4.78, 5) is 23.8. The molecule has 4 rings (SSSR count). The van der Waals surface area contributed by atoms with Crippen molar-refractivity contribution in [3.8, 4) is 5.75 Å². The number of rotatable bonds is 4. The number of hydrogen-bond acceptors (Lipinski definition) is 6. The van der Waals surface area contributed by atoms with Crippen molar-refractivity contribution in [3.63, 3.8) is 0 Å². The number of piperazine rings is 1. The van der Waals surface area contributed by atoms with Gasteiger partial charge in [-0.1, -0.05) is 0 Å². The third-order valence-corrected chi connectivity index (χ3v) is 5.06. The van der Waals surface area contributed by atoms with E-state index in [2.05, 4.69) is 39.3 Å². The lowest BCUT2D eigenvalue weighted by Gasteiger charge is -2.37. The van der Waals surface area contributed by atoms with Crippen LogP contribution in [0.5, 0.6) is 5.75 Å². The molecule has 1 amide bonds. The second-order valence-electron chi connectivity index (χ2n) is 7.63. The van der Waals surface area contributed by atoms with Crippen LogP contribution in [0.15, 0.2) is 36.8 Å². The number of carbonyl (C=O) groups is 1. The quantitative estimate of drug-likeness (QED) is 0.707. The monoisotopic (exact) mass is 394 g/mol. The number of ether oxygens (including phenoxy) is 1. The Hall–Kier alpha value is -3.13. The maximum Gasteiger partial charge on any atom is 0.260 e. The first-order chi connectivity index (χ1) is 13.9. The highest BCUT2D eigenvalue weighted by atomic mass is 16.5. The van der Waals surface area contributed by atoms with Gasteiger partial charge in [0.25, 0.3) is 5.91 Å². The second-order valence-corrected chi connectivity index (χ2v) is 7.63. The maximum atomic E-state index is 12.8. The summed E-state index contributed by atoms with van der Waals surface area (Å²) in [5, 5.41) is 6.37. The zero-order valence-corrected chi connectivity index (χ0v) is 17.1. The Morgan fingerprint density at radius 3 is 2.72 bits per heavy atom. The average Bonchev–Trinajstić information content (AvgIpc) is 3.06. The second kappa shape index (κ2) is 7.71.